The Morgan fingerprint density at radius 3 is 2.80 bits per heavy atom. The van der Waals surface area contributed by atoms with Crippen LogP contribution in [0.5, 0.6) is 0 Å². The van der Waals surface area contributed by atoms with Gasteiger partial charge in [-0.15, -0.1) is 0 Å². The van der Waals surface area contributed by atoms with Gasteiger partial charge in [0.1, 0.15) is 5.82 Å². The largest absolute Gasteiger partial charge is 0.347 e. The highest BCUT2D eigenvalue weighted by molar-refractivity contribution is 7.86. The van der Waals surface area contributed by atoms with Crippen LogP contribution in [-0.4, -0.2) is 46.6 Å². The van der Waals surface area contributed by atoms with E-state index in [2.05, 4.69) is 16.9 Å². The van der Waals surface area contributed by atoms with Crippen molar-refractivity contribution in [3.8, 4) is 0 Å². The normalized spacial score (nSPS) is 29.9. The van der Waals surface area contributed by atoms with Crippen molar-refractivity contribution in [2.24, 2.45) is 5.92 Å². The number of hydrogen-bond acceptors (Lipinski definition) is 3. The van der Waals surface area contributed by atoms with Crippen molar-refractivity contribution >= 4 is 10.2 Å². The second-order valence-corrected chi connectivity index (χ2v) is 7.74. The van der Waals surface area contributed by atoms with Gasteiger partial charge in [0.25, 0.3) is 10.2 Å². The van der Waals surface area contributed by atoms with Crippen LogP contribution in [0.2, 0.25) is 0 Å². The van der Waals surface area contributed by atoms with Gasteiger partial charge in [0.05, 0.1) is 6.04 Å². The molecule has 2 fully saturated rings. The van der Waals surface area contributed by atoms with Gasteiger partial charge in [-0.3, -0.25) is 0 Å². The summed E-state index contributed by atoms with van der Waals surface area (Å²) in [5.41, 5.74) is 0. The molecule has 0 aromatic carbocycles. The molecule has 2 aliphatic rings. The maximum absolute atomic E-state index is 12.8. The topological polar surface area (TPSA) is 69.3 Å². The average Bonchev–Trinajstić information content (AvgIpc) is 3.09. The van der Waals surface area contributed by atoms with Crippen molar-refractivity contribution in [2.75, 3.05) is 19.6 Å². The molecule has 1 N–H and O–H groups in total. The molecule has 112 valence electrons. The van der Waals surface area contributed by atoms with Crippen LogP contribution in [0.25, 0.3) is 0 Å². The van der Waals surface area contributed by atoms with Gasteiger partial charge in [-0.25, -0.2) is 4.98 Å². The van der Waals surface area contributed by atoms with E-state index in [0.717, 1.165) is 31.5 Å². The van der Waals surface area contributed by atoms with Crippen LogP contribution in [0.3, 0.4) is 0 Å². The summed E-state index contributed by atoms with van der Waals surface area (Å²) in [5, 5.41) is 0. The first-order valence-electron chi connectivity index (χ1n) is 7.35. The molecule has 2 saturated heterocycles. The summed E-state index contributed by atoms with van der Waals surface area (Å²) < 4.78 is 29.0. The number of rotatable bonds is 3. The zero-order valence-corrected chi connectivity index (χ0v) is 12.6. The van der Waals surface area contributed by atoms with Gasteiger partial charge in [0, 0.05) is 32.0 Å². The summed E-state index contributed by atoms with van der Waals surface area (Å²) in [6, 6.07) is -0.132. The van der Waals surface area contributed by atoms with Crippen LogP contribution in [0.4, 0.5) is 0 Å². The lowest BCUT2D eigenvalue weighted by molar-refractivity contribution is 0.252. The number of H-pyrrole nitrogens is 1. The Morgan fingerprint density at radius 1 is 1.30 bits per heavy atom. The third-order valence-electron chi connectivity index (χ3n) is 4.28. The molecule has 6 nitrogen and oxygen atoms in total. The van der Waals surface area contributed by atoms with Gasteiger partial charge in [0.15, 0.2) is 0 Å². The van der Waals surface area contributed by atoms with Gasteiger partial charge in [-0.05, 0) is 31.6 Å². The SMILES string of the molecule is C[C@@H]1CCCN(S(=O)(=O)N2CCC[C@@H]2c2ncc[nH]2)C1. The lowest BCUT2D eigenvalue weighted by atomic mass is 10.0. The highest BCUT2D eigenvalue weighted by atomic mass is 32.2. The third-order valence-corrected chi connectivity index (χ3v) is 6.30. The Morgan fingerprint density at radius 2 is 2.10 bits per heavy atom. The molecule has 0 unspecified atom stereocenters. The van der Waals surface area contributed by atoms with E-state index in [9.17, 15) is 8.42 Å². The van der Waals surface area contributed by atoms with Crippen LogP contribution in [0.15, 0.2) is 12.4 Å². The van der Waals surface area contributed by atoms with Gasteiger partial charge >= 0.3 is 0 Å². The first kappa shape index (κ1) is 14.0. The molecule has 0 radical (unpaired) electrons. The monoisotopic (exact) mass is 298 g/mol. The van der Waals surface area contributed by atoms with Crippen molar-refractivity contribution < 1.29 is 8.42 Å². The fraction of sp³-hybridized carbons (Fsp3) is 0.769. The number of aromatic nitrogens is 2. The van der Waals surface area contributed by atoms with E-state index >= 15 is 0 Å². The molecule has 2 atom stereocenters. The average molecular weight is 298 g/mol. The second kappa shape index (κ2) is 5.46. The Labute approximate surface area is 120 Å². The minimum Gasteiger partial charge on any atom is -0.347 e. The summed E-state index contributed by atoms with van der Waals surface area (Å²) >= 11 is 0. The Hall–Kier alpha value is -0.920. The number of nitrogens with zero attached hydrogens (tertiary/aromatic N) is 3. The van der Waals surface area contributed by atoms with Crippen LogP contribution in [0.1, 0.15) is 44.5 Å². The lowest BCUT2D eigenvalue weighted by Crippen LogP contribution is -2.47. The minimum atomic E-state index is -3.36. The van der Waals surface area contributed by atoms with E-state index in [1.807, 2.05) is 0 Å². The predicted molar refractivity (Wildman–Crippen MR) is 76.2 cm³/mol. The molecule has 3 rings (SSSR count). The Kier molecular flexibility index (Phi) is 3.83. The smallest absolute Gasteiger partial charge is 0.282 e. The fourth-order valence-electron chi connectivity index (χ4n) is 3.25. The van der Waals surface area contributed by atoms with E-state index in [-0.39, 0.29) is 6.04 Å². The van der Waals surface area contributed by atoms with E-state index in [0.29, 0.717) is 25.6 Å². The zero-order valence-electron chi connectivity index (χ0n) is 11.8. The number of piperidine rings is 1. The molecule has 2 aliphatic heterocycles. The number of imidazole rings is 1. The van der Waals surface area contributed by atoms with Crippen molar-refractivity contribution in [2.45, 2.75) is 38.6 Å². The summed E-state index contributed by atoms with van der Waals surface area (Å²) in [7, 11) is -3.36. The van der Waals surface area contributed by atoms with Crippen molar-refractivity contribution in [1.29, 1.82) is 0 Å². The molecule has 20 heavy (non-hydrogen) atoms. The van der Waals surface area contributed by atoms with E-state index in [4.69, 9.17) is 0 Å². The molecule has 7 heteroatoms. The molecule has 0 spiro atoms. The highest BCUT2D eigenvalue weighted by Crippen LogP contribution is 2.34. The van der Waals surface area contributed by atoms with Crippen LogP contribution in [-0.2, 0) is 10.2 Å². The van der Waals surface area contributed by atoms with E-state index < -0.39 is 10.2 Å². The zero-order chi connectivity index (χ0) is 14.2. The van der Waals surface area contributed by atoms with Gasteiger partial charge in [-0.1, -0.05) is 6.92 Å². The molecular formula is C13H22N4O2S. The molecule has 0 saturated carbocycles. The van der Waals surface area contributed by atoms with E-state index in [1.54, 1.807) is 21.0 Å². The second-order valence-electron chi connectivity index (χ2n) is 5.86. The van der Waals surface area contributed by atoms with Gasteiger partial charge in [-0.2, -0.15) is 17.0 Å². The van der Waals surface area contributed by atoms with Crippen LogP contribution >= 0.6 is 0 Å². The van der Waals surface area contributed by atoms with Crippen molar-refractivity contribution in [3.05, 3.63) is 18.2 Å². The molecule has 0 bridgehead atoms. The van der Waals surface area contributed by atoms with E-state index in [1.165, 1.54) is 0 Å². The summed E-state index contributed by atoms with van der Waals surface area (Å²) in [6.45, 7) is 4.01. The maximum Gasteiger partial charge on any atom is 0.282 e. The molecule has 0 aliphatic carbocycles. The summed E-state index contributed by atoms with van der Waals surface area (Å²) in [4.78, 5) is 7.30. The van der Waals surface area contributed by atoms with Crippen molar-refractivity contribution in [3.63, 3.8) is 0 Å². The first-order valence-corrected chi connectivity index (χ1v) is 8.75. The van der Waals surface area contributed by atoms with Gasteiger partial charge < -0.3 is 4.98 Å². The highest BCUT2D eigenvalue weighted by Gasteiger charge is 2.40. The quantitative estimate of drug-likeness (QED) is 0.920. The van der Waals surface area contributed by atoms with Crippen LogP contribution < -0.4 is 0 Å². The number of hydrogen-bond donors (Lipinski definition) is 1. The molecular weight excluding hydrogens is 276 g/mol. The number of nitrogens with one attached hydrogen (secondary N) is 1. The molecule has 3 heterocycles. The predicted octanol–water partition coefficient (Wildman–Crippen LogP) is 1.52. The van der Waals surface area contributed by atoms with Crippen molar-refractivity contribution in [1.82, 2.24) is 18.6 Å². The number of aromatic amines is 1. The standard InChI is InChI=1S/C13H22N4O2S/c1-11-4-2-8-16(10-11)20(18,19)17-9-3-5-12(17)13-14-6-7-15-13/h6-7,11-12H,2-5,8-10H2,1H3,(H,14,15)/t11-,12-/m1/s1. The minimum absolute atomic E-state index is 0.132. The molecule has 1 aromatic rings. The third kappa shape index (κ3) is 2.49. The first-order chi connectivity index (χ1) is 9.59. The van der Waals surface area contributed by atoms with Crippen LogP contribution in [0, 0.1) is 5.92 Å². The molecule has 0 amide bonds. The summed E-state index contributed by atoms with van der Waals surface area (Å²) in [6.07, 6.45) is 7.25. The lowest BCUT2D eigenvalue weighted by Gasteiger charge is -2.34. The Bertz CT molecular complexity index is 543. The molecule has 1 aromatic heterocycles. The summed E-state index contributed by atoms with van der Waals surface area (Å²) in [5.74, 6) is 1.21. The fourth-order valence-corrected chi connectivity index (χ4v) is 5.24. The van der Waals surface area contributed by atoms with Gasteiger partial charge in [0.2, 0.25) is 0 Å². The maximum atomic E-state index is 12.8. The Balaban J connectivity index is 1.83.